The van der Waals surface area contributed by atoms with Crippen LogP contribution >= 0.6 is 15.9 Å². The van der Waals surface area contributed by atoms with Crippen LogP contribution in [0, 0.1) is 0 Å². The first-order chi connectivity index (χ1) is 9.67. The highest BCUT2D eigenvalue weighted by molar-refractivity contribution is 9.10. The van der Waals surface area contributed by atoms with E-state index in [0.29, 0.717) is 29.2 Å². The largest absolute Gasteiger partial charge is 0.497 e. The number of ether oxygens (including phenoxy) is 2. The molecule has 0 spiro atoms. The summed E-state index contributed by atoms with van der Waals surface area (Å²) in [6.07, 6.45) is 0. The Morgan fingerprint density at radius 1 is 1.15 bits per heavy atom. The van der Waals surface area contributed by atoms with Crippen molar-refractivity contribution in [1.82, 2.24) is 0 Å². The molecule has 4 heteroatoms. The van der Waals surface area contributed by atoms with Gasteiger partial charge in [0, 0.05) is 10.0 Å². The highest BCUT2D eigenvalue weighted by atomic mass is 79.9. The fourth-order valence-electron chi connectivity index (χ4n) is 1.89. The van der Waals surface area contributed by atoms with Gasteiger partial charge in [-0.3, -0.25) is 4.79 Å². The molecule has 2 rings (SSSR count). The predicted molar refractivity (Wildman–Crippen MR) is 81.7 cm³/mol. The van der Waals surface area contributed by atoms with Crippen molar-refractivity contribution in [2.75, 3.05) is 13.7 Å². The van der Waals surface area contributed by atoms with Crippen LogP contribution in [0.2, 0.25) is 0 Å². The van der Waals surface area contributed by atoms with Crippen molar-refractivity contribution >= 4 is 21.7 Å². The van der Waals surface area contributed by atoms with Gasteiger partial charge in [0.05, 0.1) is 19.3 Å². The molecule has 0 bridgehead atoms. The first kappa shape index (κ1) is 14.6. The van der Waals surface area contributed by atoms with E-state index in [9.17, 15) is 4.79 Å². The molecule has 0 amide bonds. The Morgan fingerprint density at radius 2 is 1.90 bits per heavy atom. The molecule has 3 nitrogen and oxygen atoms in total. The second-order valence-electron chi connectivity index (χ2n) is 4.10. The van der Waals surface area contributed by atoms with Gasteiger partial charge in [-0.2, -0.15) is 0 Å². The van der Waals surface area contributed by atoms with Crippen molar-refractivity contribution in [3.05, 3.63) is 58.1 Å². The summed E-state index contributed by atoms with van der Waals surface area (Å²) in [5.41, 5.74) is 1.10. The van der Waals surface area contributed by atoms with Crippen LogP contribution in [0.3, 0.4) is 0 Å². The van der Waals surface area contributed by atoms with Gasteiger partial charge in [0.15, 0.2) is 5.78 Å². The van der Waals surface area contributed by atoms with Gasteiger partial charge in [0.2, 0.25) is 0 Å². The maximum absolute atomic E-state index is 12.7. The first-order valence-electron chi connectivity index (χ1n) is 6.27. The van der Waals surface area contributed by atoms with Gasteiger partial charge < -0.3 is 9.47 Å². The number of hydrogen-bond acceptors (Lipinski definition) is 3. The van der Waals surface area contributed by atoms with Gasteiger partial charge in [0.25, 0.3) is 0 Å². The maximum atomic E-state index is 12.7. The highest BCUT2D eigenvalue weighted by Gasteiger charge is 2.17. The fourth-order valence-corrected chi connectivity index (χ4v) is 2.31. The molecule has 0 N–H and O–H groups in total. The Bertz CT molecular complexity index is 623. The smallest absolute Gasteiger partial charge is 0.198 e. The van der Waals surface area contributed by atoms with Crippen LogP contribution in [0.25, 0.3) is 0 Å². The zero-order valence-electron chi connectivity index (χ0n) is 11.4. The molecule has 2 aromatic carbocycles. The molecule has 0 unspecified atom stereocenters. The van der Waals surface area contributed by atoms with E-state index in [1.165, 1.54) is 0 Å². The quantitative estimate of drug-likeness (QED) is 0.772. The molecule has 0 fully saturated rings. The Morgan fingerprint density at radius 3 is 2.60 bits per heavy atom. The average molecular weight is 335 g/mol. The Hall–Kier alpha value is -1.81. The van der Waals surface area contributed by atoms with E-state index < -0.39 is 0 Å². The summed E-state index contributed by atoms with van der Waals surface area (Å²) in [6.45, 7) is 2.41. The molecule has 0 atom stereocenters. The fraction of sp³-hybridized carbons (Fsp3) is 0.188. The molecule has 0 saturated heterocycles. The van der Waals surface area contributed by atoms with Gasteiger partial charge in [0.1, 0.15) is 11.5 Å². The van der Waals surface area contributed by atoms with Crippen LogP contribution < -0.4 is 9.47 Å². The lowest BCUT2D eigenvalue weighted by molar-refractivity contribution is 0.103. The van der Waals surface area contributed by atoms with Gasteiger partial charge in [-0.1, -0.05) is 28.1 Å². The lowest BCUT2D eigenvalue weighted by atomic mass is 10.0. The molecule has 20 heavy (non-hydrogen) atoms. The van der Waals surface area contributed by atoms with Crippen molar-refractivity contribution in [1.29, 1.82) is 0 Å². The summed E-state index contributed by atoms with van der Waals surface area (Å²) in [6, 6.07) is 12.6. The van der Waals surface area contributed by atoms with E-state index in [4.69, 9.17) is 9.47 Å². The van der Waals surface area contributed by atoms with Gasteiger partial charge >= 0.3 is 0 Å². The monoisotopic (exact) mass is 334 g/mol. The summed E-state index contributed by atoms with van der Waals surface area (Å²) in [4.78, 5) is 12.7. The Labute approximate surface area is 126 Å². The van der Waals surface area contributed by atoms with Crippen LogP contribution in [-0.2, 0) is 0 Å². The summed E-state index contributed by atoms with van der Waals surface area (Å²) < 4.78 is 11.4. The Kier molecular flexibility index (Phi) is 4.79. The zero-order chi connectivity index (χ0) is 14.5. The van der Waals surface area contributed by atoms with E-state index in [2.05, 4.69) is 15.9 Å². The zero-order valence-corrected chi connectivity index (χ0v) is 12.9. The normalized spacial score (nSPS) is 10.2. The van der Waals surface area contributed by atoms with Crippen molar-refractivity contribution in [3.63, 3.8) is 0 Å². The van der Waals surface area contributed by atoms with Crippen LogP contribution in [0.5, 0.6) is 11.5 Å². The van der Waals surface area contributed by atoms with Gasteiger partial charge in [-0.25, -0.2) is 0 Å². The summed E-state index contributed by atoms with van der Waals surface area (Å²) in [5.74, 6) is 1.14. The van der Waals surface area contributed by atoms with Crippen LogP contribution in [0.15, 0.2) is 46.9 Å². The molecule has 0 saturated carbocycles. The number of hydrogen-bond donors (Lipinski definition) is 0. The van der Waals surface area contributed by atoms with Crippen LogP contribution in [0.1, 0.15) is 22.8 Å². The number of ketones is 1. The molecular formula is C16H15BrO3. The molecule has 0 heterocycles. The number of para-hydroxylation sites is 1. The minimum Gasteiger partial charge on any atom is -0.497 e. The first-order valence-corrected chi connectivity index (χ1v) is 7.06. The number of halogens is 1. The minimum atomic E-state index is -0.0974. The van der Waals surface area contributed by atoms with E-state index in [-0.39, 0.29) is 5.78 Å². The lowest BCUT2D eigenvalue weighted by Crippen LogP contribution is -2.06. The summed E-state index contributed by atoms with van der Waals surface area (Å²) in [5, 5.41) is 0. The van der Waals surface area contributed by atoms with Crippen LogP contribution in [-0.4, -0.2) is 19.5 Å². The number of carbonyl (C=O) groups is 1. The van der Waals surface area contributed by atoms with Crippen molar-refractivity contribution < 1.29 is 14.3 Å². The highest BCUT2D eigenvalue weighted by Crippen LogP contribution is 2.28. The molecule has 0 aromatic heterocycles. The molecule has 104 valence electrons. The van der Waals surface area contributed by atoms with E-state index in [1.807, 2.05) is 19.1 Å². The lowest BCUT2D eigenvalue weighted by Gasteiger charge is -2.11. The van der Waals surface area contributed by atoms with Crippen molar-refractivity contribution in [2.24, 2.45) is 0 Å². The van der Waals surface area contributed by atoms with Crippen LogP contribution in [0.4, 0.5) is 0 Å². The number of rotatable bonds is 5. The third kappa shape index (κ3) is 3.02. The van der Waals surface area contributed by atoms with Crippen molar-refractivity contribution in [3.8, 4) is 11.5 Å². The molecule has 0 aliphatic heterocycles. The predicted octanol–water partition coefficient (Wildman–Crippen LogP) is 4.09. The topological polar surface area (TPSA) is 35.5 Å². The second kappa shape index (κ2) is 6.57. The average Bonchev–Trinajstić information content (AvgIpc) is 2.48. The van der Waals surface area contributed by atoms with E-state index >= 15 is 0 Å². The number of benzene rings is 2. The maximum Gasteiger partial charge on any atom is 0.198 e. The van der Waals surface area contributed by atoms with E-state index in [0.717, 1.165) is 4.47 Å². The molecule has 2 aromatic rings. The molecule has 0 radical (unpaired) electrons. The van der Waals surface area contributed by atoms with Gasteiger partial charge in [-0.15, -0.1) is 0 Å². The molecular weight excluding hydrogens is 320 g/mol. The number of methoxy groups -OCH3 is 1. The third-order valence-corrected chi connectivity index (χ3v) is 3.54. The summed E-state index contributed by atoms with van der Waals surface area (Å²) in [7, 11) is 1.58. The third-order valence-electron chi connectivity index (χ3n) is 2.85. The molecule has 0 aliphatic rings. The SMILES string of the molecule is CCOc1ccccc1C(=O)c1cc(OC)ccc1Br. The van der Waals surface area contributed by atoms with E-state index in [1.54, 1.807) is 37.4 Å². The standard InChI is InChI=1S/C16H15BrO3/c1-3-20-15-7-5-4-6-12(15)16(18)13-10-11(19-2)8-9-14(13)17/h4-10H,3H2,1-2H3. The number of carbonyl (C=O) groups excluding carboxylic acids is 1. The minimum absolute atomic E-state index is 0.0974. The Balaban J connectivity index is 2.46. The summed E-state index contributed by atoms with van der Waals surface area (Å²) >= 11 is 3.40. The second-order valence-corrected chi connectivity index (χ2v) is 4.96. The molecule has 0 aliphatic carbocycles. The van der Waals surface area contributed by atoms with Crippen molar-refractivity contribution in [2.45, 2.75) is 6.92 Å². The van der Waals surface area contributed by atoms with Gasteiger partial charge in [-0.05, 0) is 37.3 Å².